The molecule has 0 heterocycles. The number of hydrogen-bond acceptors (Lipinski definition) is 4. The van der Waals surface area contributed by atoms with Crippen LogP contribution < -0.4 is 15.2 Å². The van der Waals surface area contributed by atoms with Crippen LogP contribution in [0.15, 0.2) is 36.4 Å². The molecule has 0 radical (unpaired) electrons. The molecule has 1 amide bonds. The normalized spacial score (nSPS) is 17.5. The molecule has 1 aliphatic rings. The van der Waals surface area contributed by atoms with Crippen LogP contribution in [-0.2, 0) is 11.2 Å². The van der Waals surface area contributed by atoms with Gasteiger partial charge in [-0.05, 0) is 54.3 Å². The standard InChI is InChI=1S/C21H25NO4/c1-5-25-15-8-6-7-13(9-15)16-10-14-12-21(2,3)19(26-20(22)23)17(14)11-18(16)24-4/h6-11,19H,5,12H2,1-4H3,(H2,22,23). The molecule has 138 valence electrons. The molecule has 0 spiro atoms. The predicted octanol–water partition coefficient (Wildman–Crippen LogP) is 4.48. The number of primary amides is 1. The topological polar surface area (TPSA) is 70.8 Å². The number of methoxy groups -OCH3 is 1. The van der Waals surface area contributed by atoms with E-state index in [-0.39, 0.29) is 11.5 Å². The highest BCUT2D eigenvalue weighted by Gasteiger charge is 2.42. The van der Waals surface area contributed by atoms with Crippen molar-refractivity contribution in [2.45, 2.75) is 33.3 Å². The fraction of sp³-hybridized carbons (Fsp3) is 0.381. The molecular formula is C21H25NO4. The van der Waals surface area contributed by atoms with Crippen LogP contribution in [0.5, 0.6) is 11.5 Å². The summed E-state index contributed by atoms with van der Waals surface area (Å²) >= 11 is 0. The monoisotopic (exact) mass is 355 g/mol. The Hall–Kier alpha value is -2.69. The van der Waals surface area contributed by atoms with E-state index in [1.165, 1.54) is 0 Å². The molecule has 0 bridgehead atoms. The van der Waals surface area contributed by atoms with Gasteiger partial charge in [-0.25, -0.2) is 4.79 Å². The summed E-state index contributed by atoms with van der Waals surface area (Å²) in [6.07, 6.45) is -0.348. The van der Waals surface area contributed by atoms with Gasteiger partial charge in [-0.2, -0.15) is 0 Å². The molecule has 0 aromatic heterocycles. The number of carbonyl (C=O) groups excluding carboxylic acids is 1. The Kier molecular flexibility index (Phi) is 4.81. The Labute approximate surface area is 154 Å². The van der Waals surface area contributed by atoms with Gasteiger partial charge in [-0.1, -0.05) is 26.0 Å². The second kappa shape index (κ2) is 6.90. The summed E-state index contributed by atoms with van der Waals surface area (Å²) in [5.41, 5.74) is 9.15. The molecule has 2 aromatic carbocycles. The van der Waals surface area contributed by atoms with Crippen molar-refractivity contribution in [3.63, 3.8) is 0 Å². The van der Waals surface area contributed by atoms with E-state index in [2.05, 4.69) is 19.9 Å². The Morgan fingerprint density at radius 2 is 2.04 bits per heavy atom. The van der Waals surface area contributed by atoms with Crippen molar-refractivity contribution in [1.29, 1.82) is 0 Å². The maximum absolute atomic E-state index is 11.3. The molecule has 0 aliphatic heterocycles. The minimum Gasteiger partial charge on any atom is -0.496 e. The number of benzene rings is 2. The summed E-state index contributed by atoms with van der Waals surface area (Å²) in [6, 6.07) is 12.0. The maximum atomic E-state index is 11.3. The minimum atomic E-state index is -0.761. The first-order valence-electron chi connectivity index (χ1n) is 8.76. The van der Waals surface area contributed by atoms with Gasteiger partial charge in [0, 0.05) is 11.0 Å². The number of hydrogen-bond donors (Lipinski definition) is 1. The molecule has 0 saturated heterocycles. The van der Waals surface area contributed by atoms with Gasteiger partial charge >= 0.3 is 6.09 Å². The van der Waals surface area contributed by atoms with Crippen LogP contribution >= 0.6 is 0 Å². The van der Waals surface area contributed by atoms with Crippen LogP contribution in [0.3, 0.4) is 0 Å². The number of amides is 1. The summed E-state index contributed by atoms with van der Waals surface area (Å²) in [5, 5.41) is 0. The van der Waals surface area contributed by atoms with Crippen LogP contribution in [-0.4, -0.2) is 19.8 Å². The summed E-state index contributed by atoms with van der Waals surface area (Å²) in [5.74, 6) is 1.55. The average Bonchev–Trinajstić information content (AvgIpc) is 2.83. The van der Waals surface area contributed by atoms with E-state index in [1.54, 1.807) is 7.11 Å². The molecule has 0 saturated carbocycles. The molecule has 1 aliphatic carbocycles. The van der Waals surface area contributed by atoms with Gasteiger partial charge in [0.05, 0.1) is 13.7 Å². The van der Waals surface area contributed by atoms with Gasteiger partial charge in [0.1, 0.15) is 17.6 Å². The zero-order chi connectivity index (χ0) is 18.9. The second-order valence-corrected chi connectivity index (χ2v) is 7.19. The maximum Gasteiger partial charge on any atom is 0.405 e. The average molecular weight is 355 g/mol. The highest BCUT2D eigenvalue weighted by atomic mass is 16.6. The molecule has 3 rings (SSSR count). The number of rotatable bonds is 5. The fourth-order valence-electron chi connectivity index (χ4n) is 3.70. The Balaban J connectivity index is 2.08. The Morgan fingerprint density at radius 1 is 1.27 bits per heavy atom. The van der Waals surface area contributed by atoms with Gasteiger partial charge in [0.15, 0.2) is 0 Å². The largest absolute Gasteiger partial charge is 0.496 e. The molecule has 26 heavy (non-hydrogen) atoms. The lowest BCUT2D eigenvalue weighted by Crippen LogP contribution is -2.25. The van der Waals surface area contributed by atoms with E-state index < -0.39 is 6.09 Å². The van der Waals surface area contributed by atoms with Gasteiger partial charge in [-0.3, -0.25) is 0 Å². The number of carbonyl (C=O) groups is 1. The zero-order valence-electron chi connectivity index (χ0n) is 15.7. The highest BCUT2D eigenvalue weighted by Crippen LogP contribution is 2.50. The van der Waals surface area contributed by atoms with E-state index >= 15 is 0 Å². The lowest BCUT2D eigenvalue weighted by Gasteiger charge is -2.26. The molecule has 2 aromatic rings. The second-order valence-electron chi connectivity index (χ2n) is 7.19. The SMILES string of the molecule is CCOc1cccc(-c2cc3c(cc2OC)C(OC(N)=O)C(C)(C)C3)c1. The van der Waals surface area contributed by atoms with Crippen LogP contribution in [0, 0.1) is 5.41 Å². The first kappa shape index (κ1) is 18.1. The third-order valence-corrected chi connectivity index (χ3v) is 4.79. The first-order chi connectivity index (χ1) is 12.4. The lowest BCUT2D eigenvalue weighted by atomic mass is 9.87. The third kappa shape index (κ3) is 3.34. The smallest absolute Gasteiger partial charge is 0.405 e. The molecular weight excluding hydrogens is 330 g/mol. The molecule has 1 unspecified atom stereocenters. The molecule has 2 N–H and O–H groups in total. The summed E-state index contributed by atoms with van der Waals surface area (Å²) in [4.78, 5) is 11.3. The quantitative estimate of drug-likeness (QED) is 0.858. The van der Waals surface area contributed by atoms with E-state index in [9.17, 15) is 4.79 Å². The van der Waals surface area contributed by atoms with Crippen molar-refractivity contribution in [2.24, 2.45) is 11.1 Å². The summed E-state index contributed by atoms with van der Waals surface area (Å²) < 4.78 is 16.7. The summed E-state index contributed by atoms with van der Waals surface area (Å²) in [7, 11) is 1.64. The zero-order valence-corrected chi connectivity index (χ0v) is 15.7. The van der Waals surface area contributed by atoms with Crippen molar-refractivity contribution in [3.8, 4) is 22.6 Å². The summed E-state index contributed by atoms with van der Waals surface area (Å²) in [6.45, 7) is 6.72. The number of fused-ring (bicyclic) bond motifs is 1. The van der Waals surface area contributed by atoms with Crippen molar-refractivity contribution < 1.29 is 19.0 Å². The Bertz CT molecular complexity index is 829. The van der Waals surface area contributed by atoms with Crippen LogP contribution in [0.2, 0.25) is 0 Å². The Morgan fingerprint density at radius 3 is 2.69 bits per heavy atom. The van der Waals surface area contributed by atoms with E-state index in [1.807, 2.05) is 37.3 Å². The van der Waals surface area contributed by atoms with Crippen LogP contribution in [0.25, 0.3) is 11.1 Å². The van der Waals surface area contributed by atoms with Crippen LogP contribution in [0.4, 0.5) is 4.79 Å². The number of ether oxygens (including phenoxy) is 3. The predicted molar refractivity (Wildman–Crippen MR) is 100 cm³/mol. The van der Waals surface area contributed by atoms with Crippen molar-refractivity contribution in [1.82, 2.24) is 0 Å². The van der Waals surface area contributed by atoms with Crippen molar-refractivity contribution >= 4 is 6.09 Å². The van der Waals surface area contributed by atoms with Crippen LogP contribution in [0.1, 0.15) is 38.0 Å². The fourth-order valence-corrected chi connectivity index (χ4v) is 3.70. The molecule has 5 nitrogen and oxygen atoms in total. The van der Waals surface area contributed by atoms with Gasteiger partial charge < -0.3 is 19.9 Å². The van der Waals surface area contributed by atoms with Crippen molar-refractivity contribution in [3.05, 3.63) is 47.5 Å². The highest BCUT2D eigenvalue weighted by molar-refractivity contribution is 5.74. The first-order valence-corrected chi connectivity index (χ1v) is 8.76. The number of nitrogens with two attached hydrogens (primary N) is 1. The van der Waals surface area contributed by atoms with E-state index in [0.29, 0.717) is 6.61 Å². The van der Waals surface area contributed by atoms with E-state index in [4.69, 9.17) is 19.9 Å². The van der Waals surface area contributed by atoms with Gasteiger partial charge in [-0.15, -0.1) is 0 Å². The van der Waals surface area contributed by atoms with Crippen molar-refractivity contribution in [2.75, 3.05) is 13.7 Å². The molecule has 0 fully saturated rings. The molecule has 1 atom stereocenters. The molecule has 5 heteroatoms. The third-order valence-electron chi connectivity index (χ3n) is 4.79. The van der Waals surface area contributed by atoms with Gasteiger partial charge in [0.2, 0.25) is 0 Å². The van der Waals surface area contributed by atoms with Gasteiger partial charge in [0.25, 0.3) is 0 Å². The lowest BCUT2D eigenvalue weighted by molar-refractivity contribution is 0.0391. The van der Waals surface area contributed by atoms with E-state index in [0.717, 1.165) is 40.2 Å². The minimum absolute atomic E-state index is 0.228.